The van der Waals surface area contributed by atoms with Crippen LogP contribution < -0.4 is 0 Å². The lowest BCUT2D eigenvalue weighted by atomic mass is 9.99. The molecular weight excluding hydrogens is 343 g/mol. The molecule has 5 heteroatoms. The van der Waals surface area contributed by atoms with Crippen LogP contribution in [0.3, 0.4) is 0 Å². The van der Waals surface area contributed by atoms with Crippen molar-refractivity contribution in [1.29, 1.82) is 0 Å². The average Bonchev–Trinajstić information content (AvgIpc) is 2.64. The number of carbonyl (C=O) groups excluding carboxylic acids is 1. The zero-order valence-electron chi connectivity index (χ0n) is 15.9. The number of hydrogen-bond donors (Lipinski definition) is 1. The van der Waals surface area contributed by atoms with Crippen LogP contribution in [0.15, 0.2) is 48.5 Å². The number of rotatable bonds is 5. The molecule has 0 saturated carbocycles. The lowest BCUT2D eigenvalue weighted by Crippen LogP contribution is -2.53. The molecule has 1 amide bonds. The smallest absolute Gasteiger partial charge is 0.227 e. The molecular formula is C22H27FN2O2. The number of hydrogen-bond acceptors (Lipinski definition) is 3. The minimum atomic E-state index is -1.06. The van der Waals surface area contributed by atoms with Gasteiger partial charge < -0.3 is 14.9 Å². The second-order valence-corrected chi connectivity index (χ2v) is 7.48. The van der Waals surface area contributed by atoms with Crippen molar-refractivity contribution in [3.63, 3.8) is 0 Å². The number of benzene rings is 2. The summed E-state index contributed by atoms with van der Waals surface area (Å²) in [6.45, 7) is 3.56. The molecule has 1 fully saturated rings. The molecule has 0 aliphatic carbocycles. The quantitative estimate of drug-likeness (QED) is 0.878. The summed E-state index contributed by atoms with van der Waals surface area (Å²) < 4.78 is 14.8. The van der Waals surface area contributed by atoms with Gasteiger partial charge in [-0.1, -0.05) is 42.0 Å². The van der Waals surface area contributed by atoms with Crippen LogP contribution in [0.2, 0.25) is 0 Å². The lowest BCUT2D eigenvalue weighted by molar-refractivity contribution is -0.136. The van der Waals surface area contributed by atoms with E-state index in [1.807, 2.05) is 43.1 Å². The number of piperidine rings is 1. The van der Waals surface area contributed by atoms with Gasteiger partial charge in [-0.15, -0.1) is 0 Å². The van der Waals surface area contributed by atoms with Gasteiger partial charge in [-0.05, 0) is 43.7 Å². The molecule has 1 saturated heterocycles. The first kappa shape index (κ1) is 19.4. The zero-order valence-corrected chi connectivity index (χ0v) is 15.9. The van der Waals surface area contributed by atoms with Gasteiger partial charge in [0, 0.05) is 19.6 Å². The maximum absolute atomic E-state index is 14.8. The predicted octanol–water partition coefficient (Wildman–Crippen LogP) is 3.31. The molecule has 1 aliphatic heterocycles. The van der Waals surface area contributed by atoms with Crippen molar-refractivity contribution in [2.45, 2.75) is 38.5 Å². The summed E-state index contributed by atoms with van der Waals surface area (Å²) in [4.78, 5) is 16.7. The number of carbonyl (C=O) groups is 1. The Morgan fingerprint density at radius 1 is 1.15 bits per heavy atom. The van der Waals surface area contributed by atoms with Gasteiger partial charge in [0.1, 0.15) is 11.9 Å². The predicted molar refractivity (Wildman–Crippen MR) is 104 cm³/mol. The summed E-state index contributed by atoms with van der Waals surface area (Å²) >= 11 is 0. The second kappa shape index (κ2) is 8.53. The maximum Gasteiger partial charge on any atom is 0.227 e. The van der Waals surface area contributed by atoms with Crippen molar-refractivity contribution in [2.24, 2.45) is 0 Å². The molecule has 0 aromatic heterocycles. The number of nitrogens with zero attached hydrogens (tertiary/aromatic N) is 2. The van der Waals surface area contributed by atoms with Crippen molar-refractivity contribution in [3.8, 4) is 5.75 Å². The van der Waals surface area contributed by atoms with Gasteiger partial charge >= 0.3 is 0 Å². The molecule has 27 heavy (non-hydrogen) atoms. The molecule has 1 heterocycles. The van der Waals surface area contributed by atoms with Gasteiger partial charge in [-0.2, -0.15) is 0 Å². The molecule has 144 valence electrons. The monoisotopic (exact) mass is 370 g/mol. The molecule has 0 bridgehead atoms. The Bertz CT molecular complexity index is 761. The second-order valence-electron chi connectivity index (χ2n) is 7.48. The highest BCUT2D eigenvalue weighted by molar-refractivity contribution is 5.79. The van der Waals surface area contributed by atoms with E-state index in [9.17, 15) is 14.3 Å². The van der Waals surface area contributed by atoms with Crippen LogP contribution in [-0.2, 0) is 17.8 Å². The molecule has 3 rings (SSSR count). The summed E-state index contributed by atoms with van der Waals surface area (Å²) in [5.41, 5.74) is 2.98. The minimum absolute atomic E-state index is 0.0848. The maximum atomic E-state index is 14.8. The topological polar surface area (TPSA) is 43.8 Å². The van der Waals surface area contributed by atoms with Crippen LogP contribution in [0.25, 0.3) is 0 Å². The Labute approximate surface area is 160 Å². The summed E-state index contributed by atoms with van der Waals surface area (Å²) in [5.74, 6) is 0.0836. The summed E-state index contributed by atoms with van der Waals surface area (Å²) in [5, 5.41) is 9.43. The Hall–Kier alpha value is -2.40. The Morgan fingerprint density at radius 2 is 1.78 bits per heavy atom. The molecule has 0 unspecified atom stereocenters. The number of halogens is 1. The number of aromatic hydroxyl groups is 1. The van der Waals surface area contributed by atoms with Crippen molar-refractivity contribution in [2.75, 3.05) is 20.1 Å². The molecule has 2 atom stereocenters. The normalized spacial score (nSPS) is 20.4. The van der Waals surface area contributed by atoms with Gasteiger partial charge in [0.25, 0.3) is 0 Å². The fourth-order valence-corrected chi connectivity index (χ4v) is 3.57. The van der Waals surface area contributed by atoms with E-state index in [4.69, 9.17) is 0 Å². The van der Waals surface area contributed by atoms with Crippen molar-refractivity contribution in [1.82, 2.24) is 9.80 Å². The highest BCUT2D eigenvalue weighted by Crippen LogP contribution is 2.23. The molecule has 1 N–H and O–H groups in total. The molecule has 2 aromatic carbocycles. The van der Waals surface area contributed by atoms with Gasteiger partial charge in [0.05, 0.1) is 12.5 Å². The van der Waals surface area contributed by atoms with Crippen molar-refractivity contribution in [3.05, 3.63) is 65.2 Å². The van der Waals surface area contributed by atoms with E-state index in [0.29, 0.717) is 19.5 Å². The number of likely N-dealkylation sites (tertiary alicyclic amines) is 1. The number of amides is 1. The standard InChI is InChI=1S/C22H27FN2O2/c1-16-3-5-18(6-4-16)14-25(21-11-12-24(2)15-20(21)23)22(27)13-17-7-9-19(26)10-8-17/h3-10,20-21,26H,11-15H2,1-2H3/t20-,21+/m1/s1. The van der Waals surface area contributed by atoms with Crippen LogP contribution in [0.1, 0.15) is 23.1 Å². The van der Waals surface area contributed by atoms with E-state index in [1.54, 1.807) is 29.2 Å². The average molecular weight is 370 g/mol. The Balaban J connectivity index is 1.80. The summed E-state index contributed by atoms with van der Waals surface area (Å²) in [6.07, 6.45) is -0.228. The van der Waals surface area contributed by atoms with Crippen molar-refractivity contribution < 1.29 is 14.3 Å². The highest BCUT2D eigenvalue weighted by Gasteiger charge is 2.34. The zero-order chi connectivity index (χ0) is 19.4. The van der Waals surface area contributed by atoms with Crippen molar-refractivity contribution >= 4 is 5.91 Å². The van der Waals surface area contributed by atoms with E-state index in [2.05, 4.69) is 0 Å². The van der Waals surface area contributed by atoms with E-state index in [1.165, 1.54) is 0 Å². The molecule has 1 aliphatic rings. The molecule has 2 aromatic rings. The Morgan fingerprint density at radius 3 is 2.41 bits per heavy atom. The molecule has 4 nitrogen and oxygen atoms in total. The Kier molecular flexibility index (Phi) is 6.11. The van der Waals surface area contributed by atoms with E-state index >= 15 is 0 Å². The fraction of sp³-hybridized carbons (Fsp3) is 0.409. The largest absolute Gasteiger partial charge is 0.508 e. The van der Waals surface area contributed by atoms with Gasteiger partial charge in [0.2, 0.25) is 5.91 Å². The first-order chi connectivity index (χ1) is 12.9. The number of phenolic OH excluding ortho intramolecular Hbond substituents is 1. The first-order valence-corrected chi connectivity index (χ1v) is 9.38. The number of aryl methyl sites for hydroxylation is 1. The van der Waals surface area contributed by atoms with Crippen LogP contribution in [-0.4, -0.2) is 53.2 Å². The van der Waals surface area contributed by atoms with Crippen LogP contribution in [0.5, 0.6) is 5.75 Å². The SMILES string of the molecule is Cc1ccc(CN(C(=O)Cc2ccc(O)cc2)[C@H]2CCN(C)C[C@H]2F)cc1. The van der Waals surface area contributed by atoms with Gasteiger partial charge in [0.15, 0.2) is 0 Å². The number of phenols is 1. The molecule has 0 spiro atoms. The van der Waals surface area contributed by atoms with Gasteiger partial charge in [-0.3, -0.25) is 4.79 Å². The van der Waals surface area contributed by atoms with Crippen LogP contribution in [0, 0.1) is 6.92 Å². The van der Waals surface area contributed by atoms with E-state index in [-0.39, 0.29) is 18.1 Å². The number of alkyl halides is 1. The third-order valence-corrected chi connectivity index (χ3v) is 5.20. The molecule has 0 radical (unpaired) electrons. The first-order valence-electron chi connectivity index (χ1n) is 9.38. The fourth-order valence-electron chi connectivity index (χ4n) is 3.57. The third kappa shape index (κ3) is 5.07. The lowest BCUT2D eigenvalue weighted by Gasteiger charge is -2.39. The minimum Gasteiger partial charge on any atom is -0.508 e. The van der Waals surface area contributed by atoms with Crippen LogP contribution in [0.4, 0.5) is 4.39 Å². The van der Waals surface area contributed by atoms with Gasteiger partial charge in [-0.25, -0.2) is 4.39 Å². The highest BCUT2D eigenvalue weighted by atomic mass is 19.1. The summed E-state index contributed by atoms with van der Waals surface area (Å²) in [6, 6.07) is 14.2. The van der Waals surface area contributed by atoms with E-state index < -0.39 is 12.2 Å². The van der Waals surface area contributed by atoms with Crippen LogP contribution >= 0.6 is 0 Å². The van der Waals surface area contributed by atoms with E-state index in [0.717, 1.165) is 23.2 Å². The summed E-state index contributed by atoms with van der Waals surface area (Å²) in [7, 11) is 1.91. The third-order valence-electron chi connectivity index (χ3n) is 5.20.